The summed E-state index contributed by atoms with van der Waals surface area (Å²) in [6, 6.07) is 6.63. The van der Waals surface area contributed by atoms with E-state index in [0.717, 1.165) is 62.1 Å². The van der Waals surface area contributed by atoms with Crippen LogP contribution in [0.3, 0.4) is 0 Å². The van der Waals surface area contributed by atoms with Gasteiger partial charge in [0.05, 0.1) is 0 Å². The highest BCUT2D eigenvalue weighted by Gasteiger charge is 2.14. The zero-order chi connectivity index (χ0) is 18.9. The third-order valence-electron chi connectivity index (χ3n) is 4.76. The van der Waals surface area contributed by atoms with Crippen LogP contribution in [0.5, 0.6) is 0 Å². The quantitative estimate of drug-likeness (QED) is 0.349. The molecule has 0 saturated carbocycles. The molecule has 3 rings (SSSR count). The van der Waals surface area contributed by atoms with Crippen LogP contribution in [0.4, 0.5) is 4.39 Å². The molecule has 8 heteroatoms. The SMILES string of the molecule is CCNC(=NCCc1nnc2n1CCCCC2)NCCc1ccc(F)cc1.I. The topological polar surface area (TPSA) is 67.1 Å². The number of guanidine groups is 1. The van der Waals surface area contributed by atoms with Crippen molar-refractivity contribution in [3.05, 3.63) is 47.3 Å². The Labute approximate surface area is 183 Å². The molecule has 0 bridgehead atoms. The molecular formula is C20H30FIN6. The summed E-state index contributed by atoms with van der Waals surface area (Å²) in [5, 5.41) is 15.3. The van der Waals surface area contributed by atoms with E-state index in [0.29, 0.717) is 6.54 Å². The van der Waals surface area contributed by atoms with Crippen molar-refractivity contribution in [3.63, 3.8) is 0 Å². The summed E-state index contributed by atoms with van der Waals surface area (Å²) in [5.74, 6) is 2.76. The molecular weight excluding hydrogens is 470 g/mol. The van der Waals surface area contributed by atoms with Crippen LogP contribution in [0.2, 0.25) is 0 Å². The maximum Gasteiger partial charge on any atom is 0.191 e. The fourth-order valence-corrected chi connectivity index (χ4v) is 3.32. The van der Waals surface area contributed by atoms with E-state index in [1.807, 2.05) is 12.1 Å². The van der Waals surface area contributed by atoms with Crippen LogP contribution in [-0.4, -0.2) is 40.4 Å². The number of fused-ring (bicyclic) bond motifs is 1. The third-order valence-corrected chi connectivity index (χ3v) is 4.76. The maximum atomic E-state index is 13.0. The van der Waals surface area contributed by atoms with E-state index in [1.165, 1.54) is 31.4 Å². The van der Waals surface area contributed by atoms with Crippen LogP contribution in [0, 0.1) is 5.82 Å². The Bertz CT molecular complexity index is 744. The average Bonchev–Trinajstić information content (AvgIpc) is 2.90. The van der Waals surface area contributed by atoms with E-state index in [1.54, 1.807) is 0 Å². The zero-order valence-electron chi connectivity index (χ0n) is 16.5. The van der Waals surface area contributed by atoms with E-state index >= 15 is 0 Å². The molecule has 1 aromatic carbocycles. The second-order valence-electron chi connectivity index (χ2n) is 6.81. The van der Waals surface area contributed by atoms with Gasteiger partial charge < -0.3 is 15.2 Å². The Hall–Kier alpha value is -1.71. The van der Waals surface area contributed by atoms with Crippen LogP contribution in [0.1, 0.15) is 43.4 Å². The minimum absolute atomic E-state index is 0. The summed E-state index contributed by atoms with van der Waals surface area (Å²) in [6.45, 7) is 5.30. The minimum Gasteiger partial charge on any atom is -0.357 e. The number of nitrogens with one attached hydrogen (secondary N) is 2. The van der Waals surface area contributed by atoms with E-state index < -0.39 is 0 Å². The van der Waals surface area contributed by atoms with Gasteiger partial charge >= 0.3 is 0 Å². The first-order chi connectivity index (χ1) is 13.3. The first kappa shape index (κ1) is 22.6. The van der Waals surface area contributed by atoms with Gasteiger partial charge in [-0.3, -0.25) is 4.99 Å². The molecule has 0 unspecified atom stereocenters. The van der Waals surface area contributed by atoms with Crippen molar-refractivity contribution in [2.24, 2.45) is 4.99 Å². The van der Waals surface area contributed by atoms with Gasteiger partial charge in [-0.1, -0.05) is 18.6 Å². The van der Waals surface area contributed by atoms with Crippen molar-refractivity contribution in [1.82, 2.24) is 25.4 Å². The summed E-state index contributed by atoms with van der Waals surface area (Å²) in [7, 11) is 0. The molecule has 6 nitrogen and oxygen atoms in total. The smallest absolute Gasteiger partial charge is 0.191 e. The van der Waals surface area contributed by atoms with Crippen molar-refractivity contribution in [2.45, 2.75) is 52.0 Å². The average molecular weight is 500 g/mol. The van der Waals surface area contributed by atoms with Gasteiger partial charge in [0.2, 0.25) is 0 Å². The van der Waals surface area contributed by atoms with Gasteiger partial charge in [0.25, 0.3) is 0 Å². The number of hydrogen-bond acceptors (Lipinski definition) is 3. The van der Waals surface area contributed by atoms with Crippen LogP contribution < -0.4 is 10.6 Å². The lowest BCUT2D eigenvalue weighted by molar-refractivity contribution is 0.604. The highest BCUT2D eigenvalue weighted by molar-refractivity contribution is 14.0. The molecule has 2 aromatic rings. The van der Waals surface area contributed by atoms with Crippen molar-refractivity contribution < 1.29 is 4.39 Å². The van der Waals surface area contributed by atoms with Crippen LogP contribution in [-0.2, 0) is 25.8 Å². The number of aliphatic imine (C=N–C) groups is 1. The summed E-state index contributed by atoms with van der Waals surface area (Å²) in [5.41, 5.74) is 1.10. The molecule has 0 aliphatic carbocycles. The number of aryl methyl sites for hydroxylation is 1. The third kappa shape index (κ3) is 6.72. The molecule has 1 aromatic heterocycles. The Morgan fingerprint density at radius 1 is 1.11 bits per heavy atom. The molecule has 0 fully saturated rings. The summed E-state index contributed by atoms with van der Waals surface area (Å²) >= 11 is 0. The molecule has 1 aliphatic heterocycles. The number of nitrogens with zero attached hydrogens (tertiary/aromatic N) is 4. The predicted octanol–water partition coefficient (Wildman–Crippen LogP) is 3.10. The van der Waals surface area contributed by atoms with Crippen molar-refractivity contribution in [3.8, 4) is 0 Å². The van der Waals surface area contributed by atoms with Gasteiger partial charge in [-0.05, 0) is 43.9 Å². The van der Waals surface area contributed by atoms with Crippen LogP contribution in [0.25, 0.3) is 0 Å². The number of halogens is 2. The van der Waals surface area contributed by atoms with Gasteiger partial charge in [0.15, 0.2) is 5.96 Å². The summed E-state index contributed by atoms with van der Waals surface area (Å²) < 4.78 is 15.2. The standard InChI is InChI=1S/C20H29FN6.HI/c1-2-22-20(23-13-11-16-7-9-17(21)10-8-16)24-14-12-19-26-25-18-6-4-3-5-15-27(18)19;/h7-10H,2-6,11-15H2,1H3,(H2,22,23,24);1H. The number of benzene rings is 1. The molecule has 0 saturated heterocycles. The Morgan fingerprint density at radius 3 is 2.71 bits per heavy atom. The first-order valence-electron chi connectivity index (χ1n) is 9.94. The lowest BCUT2D eigenvalue weighted by atomic mass is 10.1. The van der Waals surface area contributed by atoms with Crippen molar-refractivity contribution in [2.75, 3.05) is 19.6 Å². The Kier molecular flexibility index (Phi) is 9.66. The second kappa shape index (κ2) is 12.0. The number of rotatable bonds is 7. The molecule has 0 atom stereocenters. The lowest BCUT2D eigenvalue weighted by Crippen LogP contribution is -2.38. The number of aromatic nitrogens is 3. The highest BCUT2D eigenvalue weighted by Crippen LogP contribution is 2.14. The Balaban J connectivity index is 0.00000280. The van der Waals surface area contributed by atoms with E-state index in [2.05, 4.69) is 37.3 Å². The highest BCUT2D eigenvalue weighted by atomic mass is 127. The molecule has 2 N–H and O–H groups in total. The van der Waals surface area contributed by atoms with Crippen molar-refractivity contribution in [1.29, 1.82) is 0 Å². The summed E-state index contributed by atoms with van der Waals surface area (Å²) in [6.07, 6.45) is 6.32. The van der Waals surface area contributed by atoms with E-state index in [4.69, 9.17) is 0 Å². The maximum absolute atomic E-state index is 13.0. The predicted molar refractivity (Wildman–Crippen MR) is 121 cm³/mol. The van der Waals surface area contributed by atoms with Gasteiger partial charge in [0.1, 0.15) is 17.5 Å². The van der Waals surface area contributed by atoms with E-state index in [-0.39, 0.29) is 29.8 Å². The van der Waals surface area contributed by atoms with Gasteiger partial charge in [0, 0.05) is 39.0 Å². The van der Waals surface area contributed by atoms with Gasteiger partial charge in [-0.15, -0.1) is 34.2 Å². The van der Waals surface area contributed by atoms with E-state index in [9.17, 15) is 4.39 Å². The molecule has 0 radical (unpaired) electrons. The largest absolute Gasteiger partial charge is 0.357 e. The first-order valence-corrected chi connectivity index (χ1v) is 9.94. The fourth-order valence-electron chi connectivity index (χ4n) is 3.32. The normalized spacial score (nSPS) is 14.0. The fraction of sp³-hybridized carbons (Fsp3) is 0.550. The molecule has 154 valence electrons. The summed E-state index contributed by atoms with van der Waals surface area (Å²) in [4.78, 5) is 4.66. The van der Waals surface area contributed by atoms with Gasteiger partial charge in [-0.25, -0.2) is 4.39 Å². The second-order valence-corrected chi connectivity index (χ2v) is 6.81. The molecule has 0 spiro atoms. The Morgan fingerprint density at radius 2 is 1.93 bits per heavy atom. The lowest BCUT2D eigenvalue weighted by Gasteiger charge is -2.11. The molecule has 2 heterocycles. The zero-order valence-corrected chi connectivity index (χ0v) is 18.8. The minimum atomic E-state index is -0.201. The molecule has 0 amide bonds. The molecule has 1 aliphatic rings. The van der Waals surface area contributed by atoms with Crippen molar-refractivity contribution >= 4 is 29.9 Å². The van der Waals surface area contributed by atoms with Crippen LogP contribution >= 0.6 is 24.0 Å². The monoisotopic (exact) mass is 500 g/mol. The van der Waals surface area contributed by atoms with Crippen LogP contribution in [0.15, 0.2) is 29.3 Å². The molecule has 28 heavy (non-hydrogen) atoms. The van der Waals surface area contributed by atoms with Gasteiger partial charge in [-0.2, -0.15) is 0 Å². The number of hydrogen-bond donors (Lipinski definition) is 2.